The summed E-state index contributed by atoms with van der Waals surface area (Å²) in [7, 11) is 0. The lowest BCUT2D eigenvalue weighted by Crippen LogP contribution is -2.31. The van der Waals surface area contributed by atoms with E-state index >= 15 is 0 Å². The summed E-state index contributed by atoms with van der Waals surface area (Å²) in [6, 6.07) is 10.6. The van der Waals surface area contributed by atoms with E-state index in [1.54, 1.807) is 0 Å². The van der Waals surface area contributed by atoms with E-state index in [1.807, 2.05) is 23.1 Å². The zero-order chi connectivity index (χ0) is 10.8. The van der Waals surface area contributed by atoms with Gasteiger partial charge in [-0.15, -0.1) is 0 Å². The third-order valence-electron chi connectivity index (χ3n) is 3.05. The monoisotopic (exact) mass is 203 g/mol. The van der Waals surface area contributed by atoms with Gasteiger partial charge in [-0.1, -0.05) is 30.3 Å². The van der Waals surface area contributed by atoms with Gasteiger partial charge in [0, 0.05) is 24.9 Å². The number of likely N-dealkylation sites (tertiary alicyclic amines) is 1. The van der Waals surface area contributed by atoms with Crippen molar-refractivity contribution in [2.24, 2.45) is 0 Å². The molecule has 0 aromatic heterocycles. The van der Waals surface area contributed by atoms with Gasteiger partial charge in [0.15, 0.2) is 0 Å². The van der Waals surface area contributed by atoms with E-state index in [0.29, 0.717) is 24.3 Å². The quantitative estimate of drug-likeness (QED) is 0.722. The van der Waals surface area contributed by atoms with Gasteiger partial charge in [0.25, 0.3) is 0 Å². The van der Waals surface area contributed by atoms with Gasteiger partial charge in [0.05, 0.1) is 0 Å². The predicted octanol–water partition coefficient (Wildman–Crippen LogP) is 2.41. The first-order chi connectivity index (χ1) is 7.18. The molecule has 1 amide bonds. The van der Waals surface area contributed by atoms with Gasteiger partial charge in [0.1, 0.15) is 0 Å². The Morgan fingerprint density at radius 1 is 1.27 bits per heavy atom. The molecular weight excluding hydrogens is 186 g/mol. The summed E-state index contributed by atoms with van der Waals surface area (Å²) in [4.78, 5) is 13.7. The lowest BCUT2D eigenvalue weighted by Gasteiger charge is -2.20. The summed E-state index contributed by atoms with van der Waals surface area (Å²) in [6.45, 7) is 5.02. The molecule has 1 aromatic carbocycles. The van der Waals surface area contributed by atoms with Gasteiger partial charge in [0.2, 0.25) is 5.91 Å². The zero-order valence-electron chi connectivity index (χ0n) is 9.31. The van der Waals surface area contributed by atoms with Crippen molar-refractivity contribution in [3.8, 4) is 0 Å². The van der Waals surface area contributed by atoms with Crippen LogP contribution in [0.1, 0.15) is 31.7 Å². The van der Waals surface area contributed by atoms with Crippen LogP contribution in [0.25, 0.3) is 0 Å². The Balaban J connectivity index is 2.13. The smallest absolute Gasteiger partial charge is 0.223 e. The molecule has 1 heterocycles. The molecule has 80 valence electrons. The fraction of sp³-hybridized carbons (Fsp3) is 0.462. The van der Waals surface area contributed by atoms with Crippen LogP contribution in [0.5, 0.6) is 0 Å². The van der Waals surface area contributed by atoms with Gasteiger partial charge >= 0.3 is 0 Å². The van der Waals surface area contributed by atoms with Crippen LogP contribution in [0, 0.1) is 0 Å². The van der Waals surface area contributed by atoms with Crippen LogP contribution >= 0.6 is 0 Å². The normalized spacial score (nSPS) is 21.4. The molecule has 1 aromatic rings. The number of amides is 1. The van der Waals surface area contributed by atoms with Crippen LogP contribution in [0.4, 0.5) is 0 Å². The highest BCUT2D eigenvalue weighted by Gasteiger charge is 2.31. The molecule has 2 nitrogen and oxygen atoms in total. The van der Waals surface area contributed by atoms with Crippen molar-refractivity contribution >= 4 is 5.91 Å². The third kappa shape index (κ3) is 2.04. The van der Waals surface area contributed by atoms with E-state index < -0.39 is 0 Å². The molecule has 1 aliphatic rings. The molecular formula is C13H17NO. The first-order valence-corrected chi connectivity index (χ1v) is 5.53. The largest absolute Gasteiger partial charge is 0.340 e. The van der Waals surface area contributed by atoms with Crippen LogP contribution in [-0.2, 0) is 4.79 Å². The highest BCUT2D eigenvalue weighted by molar-refractivity contribution is 5.80. The number of hydrogen-bond acceptors (Lipinski definition) is 1. The SMILES string of the molecule is CC(C)N1CC(c2ccccc2)CC1=O. The number of rotatable bonds is 2. The molecule has 1 saturated heterocycles. The Morgan fingerprint density at radius 2 is 1.93 bits per heavy atom. The Bertz CT molecular complexity index is 345. The van der Waals surface area contributed by atoms with Gasteiger partial charge < -0.3 is 4.90 Å². The fourth-order valence-corrected chi connectivity index (χ4v) is 2.18. The second-order valence-electron chi connectivity index (χ2n) is 4.45. The van der Waals surface area contributed by atoms with E-state index in [1.165, 1.54) is 5.56 Å². The molecule has 0 aliphatic carbocycles. The number of hydrogen-bond donors (Lipinski definition) is 0. The summed E-state index contributed by atoms with van der Waals surface area (Å²) >= 11 is 0. The molecule has 1 unspecified atom stereocenters. The second-order valence-corrected chi connectivity index (χ2v) is 4.45. The van der Waals surface area contributed by atoms with E-state index in [-0.39, 0.29) is 0 Å². The van der Waals surface area contributed by atoms with Crippen LogP contribution < -0.4 is 0 Å². The van der Waals surface area contributed by atoms with Crippen LogP contribution in [0.15, 0.2) is 30.3 Å². The Morgan fingerprint density at radius 3 is 2.47 bits per heavy atom. The summed E-state index contributed by atoms with van der Waals surface area (Å²) in [5.41, 5.74) is 1.29. The molecule has 0 radical (unpaired) electrons. The van der Waals surface area contributed by atoms with Gasteiger partial charge in [-0.3, -0.25) is 4.79 Å². The Kier molecular flexibility index (Phi) is 2.76. The molecule has 1 atom stereocenters. The zero-order valence-corrected chi connectivity index (χ0v) is 9.31. The summed E-state index contributed by atoms with van der Waals surface area (Å²) in [6.07, 6.45) is 0.669. The lowest BCUT2D eigenvalue weighted by atomic mass is 9.98. The van der Waals surface area contributed by atoms with E-state index in [2.05, 4.69) is 26.0 Å². The fourth-order valence-electron chi connectivity index (χ4n) is 2.18. The highest BCUT2D eigenvalue weighted by Crippen LogP contribution is 2.28. The maximum absolute atomic E-state index is 11.7. The first-order valence-electron chi connectivity index (χ1n) is 5.53. The molecule has 2 rings (SSSR count). The molecule has 1 aliphatic heterocycles. The molecule has 2 heteroatoms. The minimum Gasteiger partial charge on any atom is -0.340 e. The molecule has 1 fully saturated rings. The van der Waals surface area contributed by atoms with Crippen molar-refractivity contribution in [2.75, 3.05) is 6.54 Å². The van der Waals surface area contributed by atoms with E-state index in [4.69, 9.17) is 0 Å². The minimum atomic E-state index is 0.291. The maximum Gasteiger partial charge on any atom is 0.223 e. The number of nitrogens with zero attached hydrogens (tertiary/aromatic N) is 1. The molecule has 0 bridgehead atoms. The van der Waals surface area contributed by atoms with Crippen molar-refractivity contribution in [1.29, 1.82) is 0 Å². The molecule has 0 saturated carbocycles. The van der Waals surface area contributed by atoms with Crippen LogP contribution in [-0.4, -0.2) is 23.4 Å². The van der Waals surface area contributed by atoms with Crippen molar-refractivity contribution in [3.05, 3.63) is 35.9 Å². The van der Waals surface area contributed by atoms with Gasteiger partial charge in [-0.2, -0.15) is 0 Å². The number of benzene rings is 1. The summed E-state index contributed by atoms with van der Waals surface area (Å²) < 4.78 is 0. The topological polar surface area (TPSA) is 20.3 Å². The van der Waals surface area contributed by atoms with Crippen molar-refractivity contribution < 1.29 is 4.79 Å². The van der Waals surface area contributed by atoms with Gasteiger partial charge in [-0.25, -0.2) is 0 Å². The Hall–Kier alpha value is -1.31. The van der Waals surface area contributed by atoms with Gasteiger partial charge in [-0.05, 0) is 19.4 Å². The van der Waals surface area contributed by atoms with Crippen LogP contribution in [0.3, 0.4) is 0 Å². The first kappa shape index (κ1) is 10.2. The average Bonchev–Trinajstić information content (AvgIpc) is 2.62. The Labute approximate surface area is 90.9 Å². The summed E-state index contributed by atoms with van der Waals surface area (Å²) in [5, 5.41) is 0. The second kappa shape index (κ2) is 4.05. The standard InChI is InChI=1S/C13H17NO/c1-10(2)14-9-12(8-13(14)15)11-6-4-3-5-7-11/h3-7,10,12H,8-9H2,1-2H3. The molecule has 0 N–H and O–H groups in total. The third-order valence-corrected chi connectivity index (χ3v) is 3.05. The molecule has 0 spiro atoms. The minimum absolute atomic E-state index is 0.291. The number of carbonyl (C=O) groups excluding carboxylic acids is 1. The maximum atomic E-state index is 11.7. The predicted molar refractivity (Wildman–Crippen MR) is 60.6 cm³/mol. The highest BCUT2D eigenvalue weighted by atomic mass is 16.2. The van der Waals surface area contributed by atoms with Crippen molar-refractivity contribution in [2.45, 2.75) is 32.2 Å². The molecule has 15 heavy (non-hydrogen) atoms. The van der Waals surface area contributed by atoms with Crippen LogP contribution in [0.2, 0.25) is 0 Å². The summed E-state index contributed by atoms with van der Waals surface area (Å²) in [5.74, 6) is 0.681. The average molecular weight is 203 g/mol. The number of carbonyl (C=O) groups is 1. The van der Waals surface area contributed by atoms with Crippen molar-refractivity contribution in [1.82, 2.24) is 4.90 Å². The van der Waals surface area contributed by atoms with E-state index in [9.17, 15) is 4.79 Å². The van der Waals surface area contributed by atoms with E-state index in [0.717, 1.165) is 6.54 Å². The van der Waals surface area contributed by atoms with Crippen molar-refractivity contribution in [3.63, 3.8) is 0 Å². The lowest BCUT2D eigenvalue weighted by molar-refractivity contribution is -0.129.